The number of benzene rings is 1. The highest BCUT2D eigenvalue weighted by atomic mass is 16.4. The first-order chi connectivity index (χ1) is 7.07. The summed E-state index contributed by atoms with van der Waals surface area (Å²) < 4.78 is 0. The van der Waals surface area contributed by atoms with Crippen molar-refractivity contribution in [1.29, 1.82) is 0 Å². The van der Waals surface area contributed by atoms with E-state index in [1.54, 1.807) is 0 Å². The van der Waals surface area contributed by atoms with Crippen molar-refractivity contribution >= 4 is 17.3 Å². The molecular formula is C10H9NO4. The second-order valence-electron chi connectivity index (χ2n) is 2.85. The molecule has 15 heavy (non-hydrogen) atoms. The van der Waals surface area contributed by atoms with Gasteiger partial charge in [-0.1, -0.05) is 17.3 Å². The average molecular weight is 207 g/mol. The van der Waals surface area contributed by atoms with Crippen LogP contribution in [0, 0.1) is 0 Å². The lowest BCUT2D eigenvalue weighted by Gasteiger charge is -2.02. The quantitative estimate of drug-likeness (QED) is 0.254. The fourth-order valence-corrected chi connectivity index (χ4v) is 1.07. The zero-order valence-corrected chi connectivity index (χ0v) is 7.97. The van der Waals surface area contributed by atoms with Gasteiger partial charge in [-0.25, -0.2) is 0 Å². The Morgan fingerprint density at radius 1 is 1.27 bits per heavy atom. The second kappa shape index (κ2) is 4.36. The van der Waals surface area contributed by atoms with Crippen LogP contribution in [0.25, 0.3) is 0 Å². The third-order valence-corrected chi connectivity index (χ3v) is 1.80. The van der Waals surface area contributed by atoms with Crippen LogP contribution in [-0.2, 0) is 4.79 Å². The first kappa shape index (κ1) is 10.9. The Kier molecular flexibility index (Phi) is 3.17. The first-order valence-electron chi connectivity index (χ1n) is 4.13. The molecule has 2 N–H and O–H groups in total. The topological polar surface area (TPSA) is 87.0 Å². The minimum atomic E-state index is -0.803. The minimum Gasteiger partial charge on any atom is -0.507 e. The Hall–Kier alpha value is -2.17. The van der Waals surface area contributed by atoms with Crippen molar-refractivity contribution in [3.63, 3.8) is 0 Å². The first-order valence-corrected chi connectivity index (χ1v) is 4.13. The molecule has 5 nitrogen and oxygen atoms in total. The standard InChI is InChI=1S/C10H9NO4/c1-6(12)9(11-15)10(14)7-4-2-3-5-8(7)13/h2-5,13,15H,1H3. The average Bonchev–Trinajstić information content (AvgIpc) is 2.18. The number of rotatable bonds is 3. The van der Waals surface area contributed by atoms with Gasteiger partial charge in [-0.2, -0.15) is 0 Å². The van der Waals surface area contributed by atoms with E-state index in [4.69, 9.17) is 5.21 Å². The van der Waals surface area contributed by atoms with Crippen LogP contribution >= 0.6 is 0 Å². The minimum absolute atomic E-state index is 0.0690. The fourth-order valence-electron chi connectivity index (χ4n) is 1.07. The van der Waals surface area contributed by atoms with E-state index >= 15 is 0 Å². The van der Waals surface area contributed by atoms with E-state index in [-0.39, 0.29) is 11.3 Å². The smallest absolute Gasteiger partial charge is 0.222 e. The Morgan fingerprint density at radius 3 is 2.33 bits per heavy atom. The molecule has 1 rings (SSSR count). The Balaban J connectivity index is 3.16. The van der Waals surface area contributed by atoms with Gasteiger partial charge in [-0.3, -0.25) is 9.59 Å². The predicted molar refractivity (Wildman–Crippen MR) is 52.3 cm³/mol. The highest BCUT2D eigenvalue weighted by molar-refractivity contribution is 6.68. The number of phenolic OH excluding ortho intramolecular Hbond substituents is 1. The van der Waals surface area contributed by atoms with Crippen molar-refractivity contribution in [1.82, 2.24) is 0 Å². The molecule has 0 atom stereocenters. The van der Waals surface area contributed by atoms with Gasteiger partial charge in [0.05, 0.1) is 5.56 Å². The number of aromatic hydroxyl groups is 1. The van der Waals surface area contributed by atoms with Gasteiger partial charge in [0.25, 0.3) is 0 Å². The van der Waals surface area contributed by atoms with E-state index in [2.05, 4.69) is 5.16 Å². The molecular weight excluding hydrogens is 198 g/mol. The fraction of sp³-hybridized carbons (Fsp3) is 0.100. The van der Waals surface area contributed by atoms with Crippen LogP contribution in [0.15, 0.2) is 29.4 Å². The van der Waals surface area contributed by atoms with Crippen molar-refractivity contribution in [2.75, 3.05) is 0 Å². The molecule has 0 saturated heterocycles. The molecule has 0 radical (unpaired) electrons. The summed E-state index contributed by atoms with van der Waals surface area (Å²) in [5.41, 5.74) is -0.669. The van der Waals surface area contributed by atoms with Crippen LogP contribution < -0.4 is 0 Å². The Morgan fingerprint density at radius 2 is 1.87 bits per heavy atom. The molecule has 0 aliphatic rings. The number of nitrogens with zero attached hydrogens (tertiary/aromatic N) is 1. The molecule has 78 valence electrons. The summed E-state index contributed by atoms with van der Waals surface area (Å²) in [7, 11) is 0. The van der Waals surface area contributed by atoms with E-state index in [0.29, 0.717) is 0 Å². The molecule has 0 aromatic heterocycles. The molecule has 0 aliphatic heterocycles. The lowest BCUT2D eigenvalue weighted by molar-refractivity contribution is -0.111. The summed E-state index contributed by atoms with van der Waals surface area (Å²) in [6, 6.07) is 5.71. The maximum absolute atomic E-state index is 11.6. The van der Waals surface area contributed by atoms with Gasteiger partial charge in [0, 0.05) is 6.92 Å². The number of para-hydroxylation sites is 1. The molecule has 0 unspecified atom stereocenters. The van der Waals surface area contributed by atoms with Crippen LogP contribution in [0.5, 0.6) is 5.75 Å². The number of carbonyl (C=O) groups is 2. The van der Waals surface area contributed by atoms with Crippen LogP contribution in [0.1, 0.15) is 17.3 Å². The third kappa shape index (κ3) is 2.19. The Labute approximate surface area is 85.7 Å². The molecule has 1 aromatic carbocycles. The summed E-state index contributed by atoms with van der Waals surface area (Å²) in [6.45, 7) is 1.10. The SMILES string of the molecule is CC(=O)C(=NO)C(=O)c1ccccc1O. The van der Waals surface area contributed by atoms with Crippen molar-refractivity contribution in [2.45, 2.75) is 6.92 Å². The van der Waals surface area contributed by atoms with Crippen LogP contribution in [0.3, 0.4) is 0 Å². The predicted octanol–water partition coefficient (Wildman–Crippen LogP) is 0.994. The molecule has 0 saturated carbocycles. The third-order valence-electron chi connectivity index (χ3n) is 1.80. The van der Waals surface area contributed by atoms with Crippen LogP contribution in [0.2, 0.25) is 0 Å². The highest BCUT2D eigenvalue weighted by Gasteiger charge is 2.21. The van der Waals surface area contributed by atoms with E-state index in [1.807, 2.05) is 0 Å². The summed E-state index contributed by atoms with van der Waals surface area (Å²) in [5, 5.41) is 20.4. The maximum atomic E-state index is 11.6. The van der Waals surface area contributed by atoms with Crippen molar-refractivity contribution < 1.29 is 19.9 Å². The molecule has 0 spiro atoms. The van der Waals surface area contributed by atoms with Gasteiger partial charge < -0.3 is 10.3 Å². The maximum Gasteiger partial charge on any atom is 0.222 e. The number of carbonyl (C=O) groups excluding carboxylic acids is 2. The lowest BCUT2D eigenvalue weighted by atomic mass is 10.0. The second-order valence-corrected chi connectivity index (χ2v) is 2.85. The molecule has 0 bridgehead atoms. The molecule has 0 heterocycles. The zero-order valence-electron chi connectivity index (χ0n) is 7.97. The normalized spacial score (nSPS) is 11.1. The molecule has 0 aliphatic carbocycles. The van der Waals surface area contributed by atoms with E-state index in [0.717, 1.165) is 6.92 Å². The van der Waals surface area contributed by atoms with Crippen molar-refractivity contribution in [3.05, 3.63) is 29.8 Å². The van der Waals surface area contributed by atoms with E-state index < -0.39 is 17.3 Å². The summed E-state index contributed by atoms with van der Waals surface area (Å²) in [4.78, 5) is 22.5. The highest BCUT2D eigenvalue weighted by Crippen LogP contribution is 2.16. The van der Waals surface area contributed by atoms with Crippen molar-refractivity contribution in [2.24, 2.45) is 5.16 Å². The van der Waals surface area contributed by atoms with Crippen LogP contribution in [0.4, 0.5) is 0 Å². The van der Waals surface area contributed by atoms with Gasteiger partial charge >= 0.3 is 0 Å². The number of phenols is 1. The van der Waals surface area contributed by atoms with Gasteiger partial charge in [-0.15, -0.1) is 0 Å². The number of ketones is 2. The number of Topliss-reactive ketones (excluding diaryl/α,β-unsaturated/α-hetero) is 2. The summed E-state index contributed by atoms with van der Waals surface area (Å²) in [6.07, 6.45) is 0. The van der Waals surface area contributed by atoms with Gasteiger partial charge in [0.1, 0.15) is 5.75 Å². The van der Waals surface area contributed by atoms with Crippen molar-refractivity contribution in [3.8, 4) is 5.75 Å². The van der Waals surface area contributed by atoms with Gasteiger partial charge in [0.2, 0.25) is 5.78 Å². The van der Waals surface area contributed by atoms with Gasteiger partial charge in [-0.05, 0) is 12.1 Å². The summed E-state index contributed by atoms with van der Waals surface area (Å²) >= 11 is 0. The van der Waals surface area contributed by atoms with E-state index in [9.17, 15) is 14.7 Å². The molecule has 0 amide bonds. The van der Waals surface area contributed by atoms with E-state index in [1.165, 1.54) is 24.3 Å². The Bertz CT molecular complexity index is 437. The molecule has 5 heteroatoms. The zero-order chi connectivity index (χ0) is 11.4. The van der Waals surface area contributed by atoms with Crippen LogP contribution in [-0.4, -0.2) is 27.6 Å². The molecule has 1 aromatic rings. The largest absolute Gasteiger partial charge is 0.507 e. The number of oxime groups is 1. The summed E-state index contributed by atoms with van der Waals surface area (Å²) in [5.74, 6) is -1.72. The molecule has 0 fully saturated rings. The van der Waals surface area contributed by atoms with Gasteiger partial charge in [0.15, 0.2) is 11.5 Å². The number of hydrogen-bond acceptors (Lipinski definition) is 5. The number of hydrogen-bond donors (Lipinski definition) is 2. The lowest BCUT2D eigenvalue weighted by Crippen LogP contribution is -2.22. The monoisotopic (exact) mass is 207 g/mol.